The minimum atomic E-state index is -0.0285. The molecule has 1 saturated heterocycles. The van der Waals surface area contributed by atoms with Gasteiger partial charge in [-0.1, -0.05) is 36.8 Å². The Labute approximate surface area is 148 Å². The summed E-state index contributed by atoms with van der Waals surface area (Å²) in [4.78, 5) is 14.8. The van der Waals surface area contributed by atoms with Crippen molar-refractivity contribution in [1.29, 1.82) is 0 Å². The zero-order valence-electron chi connectivity index (χ0n) is 14.7. The van der Waals surface area contributed by atoms with E-state index in [9.17, 15) is 4.79 Å². The second kappa shape index (κ2) is 6.96. The highest BCUT2D eigenvalue weighted by Crippen LogP contribution is 2.24. The number of carbonyl (C=O) groups is 1. The maximum absolute atomic E-state index is 12.8. The van der Waals surface area contributed by atoms with Crippen LogP contribution >= 0.6 is 0 Å². The van der Waals surface area contributed by atoms with E-state index in [1.54, 1.807) is 0 Å². The van der Waals surface area contributed by atoms with Crippen molar-refractivity contribution in [3.05, 3.63) is 47.5 Å². The number of rotatable bonds is 3. The molecule has 2 aliphatic rings. The summed E-state index contributed by atoms with van der Waals surface area (Å²) in [6.07, 6.45) is 4.01. The average molecular weight is 339 g/mol. The third kappa shape index (κ3) is 3.31. The minimum Gasteiger partial charge on any atom is -0.332 e. The lowest BCUT2D eigenvalue weighted by Crippen LogP contribution is -2.51. The van der Waals surface area contributed by atoms with Gasteiger partial charge >= 0.3 is 0 Å². The van der Waals surface area contributed by atoms with Crippen LogP contribution in [0.1, 0.15) is 49.4 Å². The first-order chi connectivity index (χ1) is 12.2. The second-order valence-electron chi connectivity index (χ2n) is 7.14. The molecule has 1 N–H and O–H groups in total. The lowest BCUT2D eigenvalue weighted by Gasteiger charge is -2.35. The molecule has 0 radical (unpaired) electrons. The predicted octanol–water partition coefficient (Wildman–Crippen LogP) is 1.91. The highest BCUT2D eigenvalue weighted by Gasteiger charge is 2.32. The van der Waals surface area contributed by atoms with Crippen molar-refractivity contribution in [3.8, 4) is 0 Å². The molecule has 0 aliphatic carbocycles. The molecule has 0 bridgehead atoms. The summed E-state index contributed by atoms with van der Waals surface area (Å²) in [7, 11) is 0. The maximum Gasteiger partial charge on any atom is 0.240 e. The molecular formula is C19H25N5O. The number of benzene rings is 1. The van der Waals surface area contributed by atoms with Crippen LogP contribution in [0.15, 0.2) is 30.3 Å². The summed E-state index contributed by atoms with van der Waals surface area (Å²) in [5.74, 6) is 2.09. The third-order valence-electron chi connectivity index (χ3n) is 5.22. The maximum atomic E-state index is 12.8. The van der Waals surface area contributed by atoms with Crippen molar-refractivity contribution in [2.75, 3.05) is 13.1 Å². The van der Waals surface area contributed by atoms with Crippen LogP contribution in [0.4, 0.5) is 0 Å². The van der Waals surface area contributed by atoms with Gasteiger partial charge in [0.1, 0.15) is 5.82 Å². The summed E-state index contributed by atoms with van der Waals surface area (Å²) < 4.78 is 2.21. The van der Waals surface area contributed by atoms with Crippen molar-refractivity contribution in [1.82, 2.24) is 25.0 Å². The number of fused-ring (bicyclic) bond motifs is 1. The van der Waals surface area contributed by atoms with Crippen LogP contribution in [0.25, 0.3) is 0 Å². The van der Waals surface area contributed by atoms with Crippen molar-refractivity contribution >= 4 is 5.91 Å². The lowest BCUT2D eigenvalue weighted by atomic mass is 10.0. The van der Waals surface area contributed by atoms with Crippen LogP contribution in [0.3, 0.4) is 0 Å². The van der Waals surface area contributed by atoms with Gasteiger partial charge in [-0.3, -0.25) is 4.79 Å². The van der Waals surface area contributed by atoms with E-state index in [2.05, 4.69) is 39.1 Å². The first-order valence-electron chi connectivity index (χ1n) is 9.21. The first-order valence-corrected chi connectivity index (χ1v) is 9.21. The fourth-order valence-electron chi connectivity index (χ4n) is 3.96. The van der Waals surface area contributed by atoms with Crippen LogP contribution in [-0.4, -0.2) is 44.7 Å². The fourth-order valence-corrected chi connectivity index (χ4v) is 3.96. The van der Waals surface area contributed by atoms with E-state index < -0.39 is 0 Å². The number of piperidine rings is 1. The Bertz CT molecular complexity index is 736. The van der Waals surface area contributed by atoms with Crippen molar-refractivity contribution in [3.63, 3.8) is 0 Å². The number of aromatic nitrogens is 3. The molecule has 132 valence electrons. The predicted molar refractivity (Wildman–Crippen MR) is 95.0 cm³/mol. The molecule has 25 heavy (non-hydrogen) atoms. The lowest BCUT2D eigenvalue weighted by molar-refractivity contribution is -0.136. The van der Waals surface area contributed by atoms with Gasteiger partial charge in [0, 0.05) is 13.0 Å². The summed E-state index contributed by atoms with van der Waals surface area (Å²) >= 11 is 0. The van der Waals surface area contributed by atoms with E-state index in [4.69, 9.17) is 0 Å². The van der Waals surface area contributed by atoms with Crippen molar-refractivity contribution in [2.24, 2.45) is 0 Å². The number of nitrogens with one attached hydrogen (secondary N) is 1. The zero-order chi connectivity index (χ0) is 17.2. The molecule has 1 aromatic heterocycles. The Morgan fingerprint density at radius 3 is 2.84 bits per heavy atom. The zero-order valence-corrected chi connectivity index (χ0v) is 14.7. The van der Waals surface area contributed by atoms with Gasteiger partial charge in [-0.2, -0.15) is 0 Å². The molecule has 1 amide bonds. The monoisotopic (exact) mass is 339 g/mol. The Hall–Kier alpha value is -2.21. The molecule has 1 aromatic carbocycles. The standard InChI is InChI=1S/C19H25N5O/c1-14-12-23(19(25)16-9-5-6-10-20-16)13-18-22-21-17(24(14)18)11-15-7-3-2-4-8-15/h2-4,7-8,14,16,20H,5-6,9-13H2,1H3/t14-,16-/m0/s1. The van der Waals surface area contributed by atoms with Crippen LogP contribution in [-0.2, 0) is 17.8 Å². The van der Waals surface area contributed by atoms with Gasteiger partial charge in [0.25, 0.3) is 0 Å². The smallest absolute Gasteiger partial charge is 0.240 e. The van der Waals surface area contributed by atoms with E-state index in [0.717, 1.165) is 50.4 Å². The van der Waals surface area contributed by atoms with Gasteiger partial charge in [-0.15, -0.1) is 10.2 Å². The third-order valence-corrected chi connectivity index (χ3v) is 5.22. The largest absolute Gasteiger partial charge is 0.332 e. The number of hydrogen-bond acceptors (Lipinski definition) is 4. The van der Waals surface area contributed by atoms with Crippen molar-refractivity contribution < 1.29 is 4.79 Å². The number of nitrogens with zero attached hydrogens (tertiary/aromatic N) is 4. The summed E-state index contributed by atoms with van der Waals surface area (Å²) in [6, 6.07) is 10.5. The Kier molecular flexibility index (Phi) is 4.53. The van der Waals surface area contributed by atoms with Gasteiger partial charge in [0.2, 0.25) is 5.91 Å². The second-order valence-corrected chi connectivity index (χ2v) is 7.14. The minimum absolute atomic E-state index is 0.0285. The molecule has 2 aromatic rings. The Balaban J connectivity index is 1.51. The fraction of sp³-hybridized carbons (Fsp3) is 0.526. The SMILES string of the molecule is C[C@H]1CN(C(=O)[C@@H]2CCCCN2)Cc2nnc(Cc3ccccc3)n21. The number of carbonyl (C=O) groups excluding carboxylic acids is 1. The molecular weight excluding hydrogens is 314 g/mol. The molecule has 0 spiro atoms. The average Bonchev–Trinajstić information content (AvgIpc) is 3.06. The highest BCUT2D eigenvalue weighted by molar-refractivity contribution is 5.82. The van der Waals surface area contributed by atoms with E-state index in [1.807, 2.05) is 23.1 Å². The molecule has 1 fully saturated rings. The summed E-state index contributed by atoms with van der Waals surface area (Å²) in [6.45, 7) is 4.37. The molecule has 2 aliphatic heterocycles. The van der Waals surface area contributed by atoms with Gasteiger partial charge in [0.05, 0.1) is 18.6 Å². The van der Waals surface area contributed by atoms with Gasteiger partial charge in [-0.05, 0) is 31.9 Å². The Morgan fingerprint density at radius 2 is 2.08 bits per heavy atom. The van der Waals surface area contributed by atoms with E-state index >= 15 is 0 Å². The normalized spacial score (nSPS) is 23.3. The summed E-state index contributed by atoms with van der Waals surface area (Å²) in [5, 5.41) is 12.1. The van der Waals surface area contributed by atoms with Crippen molar-refractivity contribution in [2.45, 2.75) is 51.2 Å². The molecule has 0 saturated carbocycles. The van der Waals surface area contributed by atoms with E-state index in [1.165, 1.54) is 5.56 Å². The molecule has 2 atom stereocenters. The number of amides is 1. The topological polar surface area (TPSA) is 63.1 Å². The highest BCUT2D eigenvalue weighted by atomic mass is 16.2. The van der Waals surface area contributed by atoms with E-state index in [-0.39, 0.29) is 18.0 Å². The molecule has 0 unspecified atom stereocenters. The van der Waals surface area contributed by atoms with Crippen LogP contribution < -0.4 is 5.32 Å². The van der Waals surface area contributed by atoms with Crippen LogP contribution in [0, 0.1) is 0 Å². The quantitative estimate of drug-likeness (QED) is 0.928. The van der Waals surface area contributed by atoms with Crippen LogP contribution in [0.5, 0.6) is 0 Å². The summed E-state index contributed by atoms with van der Waals surface area (Å²) in [5.41, 5.74) is 1.23. The number of hydrogen-bond donors (Lipinski definition) is 1. The van der Waals surface area contributed by atoms with E-state index in [0.29, 0.717) is 6.54 Å². The Morgan fingerprint density at radius 1 is 1.24 bits per heavy atom. The molecule has 3 heterocycles. The molecule has 6 heteroatoms. The van der Waals surface area contributed by atoms with Crippen LogP contribution in [0.2, 0.25) is 0 Å². The van der Waals surface area contributed by atoms with Gasteiger partial charge in [-0.25, -0.2) is 0 Å². The first kappa shape index (κ1) is 16.3. The van der Waals surface area contributed by atoms with Gasteiger partial charge in [0.15, 0.2) is 5.82 Å². The molecule has 4 rings (SSSR count). The van der Waals surface area contributed by atoms with Gasteiger partial charge < -0.3 is 14.8 Å². The molecule has 6 nitrogen and oxygen atoms in total.